The van der Waals surface area contributed by atoms with Crippen molar-refractivity contribution in [2.45, 2.75) is 27.7 Å². The highest BCUT2D eigenvalue weighted by atomic mass is 15.1. The van der Waals surface area contributed by atoms with Crippen LogP contribution in [0.3, 0.4) is 0 Å². The Morgan fingerprint density at radius 2 is 0.643 bits per heavy atom. The first-order valence-corrected chi connectivity index (χ1v) is 14.5. The number of anilines is 6. The normalized spacial score (nSPS) is 10.9. The molecule has 0 heterocycles. The first-order chi connectivity index (χ1) is 20.5. The van der Waals surface area contributed by atoms with E-state index in [-0.39, 0.29) is 0 Å². The Kier molecular flexibility index (Phi) is 7.62. The highest BCUT2D eigenvalue weighted by molar-refractivity contribution is 5.82. The Balaban J connectivity index is 1.35. The molecule has 0 unspecified atom stereocenters. The summed E-state index contributed by atoms with van der Waals surface area (Å²) in [7, 11) is 0. The van der Waals surface area contributed by atoms with Crippen LogP contribution < -0.4 is 9.80 Å². The lowest BCUT2D eigenvalue weighted by Crippen LogP contribution is -2.12. The molecule has 0 fully saturated rings. The minimum Gasteiger partial charge on any atom is -0.310 e. The van der Waals surface area contributed by atoms with Gasteiger partial charge in [-0.25, -0.2) is 0 Å². The maximum Gasteiger partial charge on any atom is 0.0493 e. The fourth-order valence-electron chi connectivity index (χ4n) is 5.57. The van der Waals surface area contributed by atoms with Gasteiger partial charge in [-0.2, -0.15) is 0 Å². The molecule has 0 saturated heterocycles. The van der Waals surface area contributed by atoms with Crippen molar-refractivity contribution in [3.8, 4) is 11.1 Å². The second-order valence-electron chi connectivity index (χ2n) is 10.9. The van der Waals surface area contributed by atoms with Gasteiger partial charge < -0.3 is 9.80 Å². The van der Waals surface area contributed by atoms with Crippen LogP contribution in [0.25, 0.3) is 11.1 Å². The first-order valence-electron chi connectivity index (χ1n) is 14.5. The molecule has 42 heavy (non-hydrogen) atoms. The van der Waals surface area contributed by atoms with Gasteiger partial charge in [0.1, 0.15) is 0 Å². The largest absolute Gasteiger partial charge is 0.310 e. The smallest absolute Gasteiger partial charge is 0.0493 e. The van der Waals surface area contributed by atoms with Crippen LogP contribution in [0.5, 0.6) is 0 Å². The second-order valence-corrected chi connectivity index (χ2v) is 10.9. The van der Waals surface area contributed by atoms with Crippen LogP contribution in [-0.2, 0) is 0 Å². The van der Waals surface area contributed by atoms with Gasteiger partial charge in [-0.3, -0.25) is 0 Å². The standard InChI is InChI=1S/C40H36N2/c1-29-13-11-19-39(31(29)3)41(35-15-7-5-8-16-35)37-25-21-33(22-26-37)34-23-27-38(28-24-34)42(36-17-9-6-10-18-36)40-20-12-14-30(2)32(40)4/h5-28H,1-4H3. The van der Waals surface area contributed by atoms with Crippen molar-refractivity contribution in [3.05, 3.63) is 168 Å². The van der Waals surface area contributed by atoms with E-state index in [4.69, 9.17) is 0 Å². The maximum absolute atomic E-state index is 2.34. The van der Waals surface area contributed by atoms with Crippen molar-refractivity contribution in [1.82, 2.24) is 0 Å². The lowest BCUT2D eigenvalue weighted by atomic mass is 10.0. The number of nitrogens with zero attached hydrogens (tertiary/aromatic N) is 2. The minimum absolute atomic E-state index is 1.14. The third-order valence-corrected chi connectivity index (χ3v) is 8.25. The SMILES string of the molecule is Cc1cccc(N(c2ccccc2)c2ccc(-c3ccc(N(c4ccccc4)c4cccc(C)c4C)cc3)cc2)c1C. The van der Waals surface area contributed by atoms with E-state index in [1.807, 2.05) is 0 Å². The Bertz CT molecular complexity index is 1650. The molecule has 0 bridgehead atoms. The molecular formula is C40H36N2. The molecule has 206 valence electrons. The molecule has 0 spiro atoms. The molecule has 2 heteroatoms. The van der Waals surface area contributed by atoms with Crippen molar-refractivity contribution in [2.24, 2.45) is 0 Å². The van der Waals surface area contributed by atoms with E-state index in [0.29, 0.717) is 0 Å². The number of benzene rings is 6. The quantitative estimate of drug-likeness (QED) is 0.197. The van der Waals surface area contributed by atoms with Gasteiger partial charge in [-0.15, -0.1) is 0 Å². The Morgan fingerprint density at radius 3 is 1.00 bits per heavy atom. The molecule has 0 aromatic heterocycles. The van der Waals surface area contributed by atoms with Crippen molar-refractivity contribution < 1.29 is 0 Å². The first kappa shape index (κ1) is 27.1. The van der Waals surface area contributed by atoms with Crippen molar-refractivity contribution >= 4 is 34.1 Å². The Morgan fingerprint density at radius 1 is 0.310 bits per heavy atom. The monoisotopic (exact) mass is 544 g/mol. The summed E-state index contributed by atoms with van der Waals surface area (Å²) in [5, 5.41) is 0. The molecule has 0 saturated carbocycles. The number of hydrogen-bond donors (Lipinski definition) is 0. The van der Waals surface area contributed by atoms with Crippen LogP contribution in [0, 0.1) is 27.7 Å². The lowest BCUT2D eigenvalue weighted by Gasteiger charge is -2.28. The van der Waals surface area contributed by atoms with Gasteiger partial charge in [0, 0.05) is 34.1 Å². The van der Waals surface area contributed by atoms with Crippen LogP contribution in [0.1, 0.15) is 22.3 Å². The van der Waals surface area contributed by atoms with Gasteiger partial charge >= 0.3 is 0 Å². The van der Waals surface area contributed by atoms with E-state index in [2.05, 4.69) is 183 Å². The zero-order valence-electron chi connectivity index (χ0n) is 24.8. The molecule has 0 atom stereocenters. The van der Waals surface area contributed by atoms with Crippen LogP contribution in [0.2, 0.25) is 0 Å². The van der Waals surface area contributed by atoms with Crippen LogP contribution >= 0.6 is 0 Å². The third-order valence-electron chi connectivity index (χ3n) is 8.25. The fraction of sp³-hybridized carbons (Fsp3) is 0.100. The van der Waals surface area contributed by atoms with E-state index >= 15 is 0 Å². The summed E-state index contributed by atoms with van der Waals surface area (Å²) in [6.07, 6.45) is 0. The summed E-state index contributed by atoms with van der Waals surface area (Å²) < 4.78 is 0. The van der Waals surface area contributed by atoms with Crippen molar-refractivity contribution in [3.63, 3.8) is 0 Å². The summed E-state index contributed by atoms with van der Waals surface area (Å²) in [5.74, 6) is 0. The minimum atomic E-state index is 1.14. The molecule has 0 radical (unpaired) electrons. The van der Waals surface area contributed by atoms with Crippen molar-refractivity contribution in [1.29, 1.82) is 0 Å². The van der Waals surface area contributed by atoms with E-state index in [9.17, 15) is 0 Å². The van der Waals surface area contributed by atoms with Crippen LogP contribution in [-0.4, -0.2) is 0 Å². The van der Waals surface area contributed by atoms with E-state index in [1.54, 1.807) is 0 Å². The van der Waals surface area contributed by atoms with E-state index < -0.39 is 0 Å². The molecular weight excluding hydrogens is 508 g/mol. The average molecular weight is 545 g/mol. The van der Waals surface area contributed by atoms with Crippen LogP contribution in [0.4, 0.5) is 34.1 Å². The summed E-state index contributed by atoms with van der Waals surface area (Å²) >= 11 is 0. The molecule has 6 aromatic rings. The highest BCUT2D eigenvalue weighted by Crippen LogP contribution is 2.40. The molecule has 0 aliphatic carbocycles. The van der Waals surface area contributed by atoms with Gasteiger partial charge in [0.05, 0.1) is 0 Å². The lowest BCUT2D eigenvalue weighted by molar-refractivity contribution is 1.22. The third kappa shape index (κ3) is 5.32. The summed E-state index contributed by atoms with van der Waals surface area (Å²) in [4.78, 5) is 4.69. The fourth-order valence-corrected chi connectivity index (χ4v) is 5.57. The number of hydrogen-bond acceptors (Lipinski definition) is 2. The Hall–Kier alpha value is -5.08. The van der Waals surface area contributed by atoms with E-state index in [0.717, 1.165) is 22.7 Å². The average Bonchev–Trinajstić information content (AvgIpc) is 3.03. The molecule has 6 aromatic carbocycles. The molecule has 0 aliphatic heterocycles. The molecule has 0 N–H and O–H groups in total. The molecule has 6 rings (SSSR count). The van der Waals surface area contributed by atoms with Crippen LogP contribution in [0.15, 0.2) is 146 Å². The van der Waals surface area contributed by atoms with Gasteiger partial charge in [0.25, 0.3) is 0 Å². The van der Waals surface area contributed by atoms with E-state index in [1.165, 1.54) is 44.8 Å². The van der Waals surface area contributed by atoms with Crippen molar-refractivity contribution in [2.75, 3.05) is 9.80 Å². The topological polar surface area (TPSA) is 6.48 Å². The summed E-state index contributed by atoms with van der Waals surface area (Å²) in [5.41, 5.74) is 14.5. The summed E-state index contributed by atoms with van der Waals surface area (Å²) in [6, 6.07) is 52.1. The molecule has 0 aliphatic rings. The van der Waals surface area contributed by atoms with Gasteiger partial charge in [-0.1, -0.05) is 84.9 Å². The predicted molar refractivity (Wildman–Crippen MR) is 180 cm³/mol. The zero-order valence-corrected chi connectivity index (χ0v) is 24.8. The summed E-state index contributed by atoms with van der Waals surface area (Å²) in [6.45, 7) is 8.75. The van der Waals surface area contributed by atoms with Gasteiger partial charge in [0.2, 0.25) is 0 Å². The maximum atomic E-state index is 2.34. The Labute approximate surface area is 250 Å². The number of para-hydroxylation sites is 2. The second kappa shape index (κ2) is 11.8. The van der Waals surface area contributed by atoms with Gasteiger partial charge in [0.15, 0.2) is 0 Å². The molecule has 2 nitrogen and oxygen atoms in total. The number of rotatable bonds is 7. The number of aryl methyl sites for hydroxylation is 2. The zero-order chi connectivity index (χ0) is 29.1. The highest BCUT2D eigenvalue weighted by Gasteiger charge is 2.17. The molecule has 0 amide bonds. The predicted octanol–water partition coefficient (Wildman–Crippen LogP) is 11.5. The van der Waals surface area contributed by atoms with Gasteiger partial charge in [-0.05, 0) is 122 Å².